The average molecular weight is 332 g/mol. The van der Waals surface area contributed by atoms with Crippen LogP contribution in [0.25, 0.3) is 0 Å². The summed E-state index contributed by atoms with van der Waals surface area (Å²) in [6, 6.07) is 3.94. The van der Waals surface area contributed by atoms with E-state index in [2.05, 4.69) is 15.6 Å². The van der Waals surface area contributed by atoms with Gasteiger partial charge >= 0.3 is 0 Å². The molecule has 0 fully saturated rings. The smallest absolute Gasteiger partial charge is 0.271 e. The van der Waals surface area contributed by atoms with Crippen LogP contribution in [0.2, 0.25) is 0 Å². The minimum atomic E-state index is -0.994. The van der Waals surface area contributed by atoms with Gasteiger partial charge in [0.15, 0.2) is 0 Å². The van der Waals surface area contributed by atoms with Crippen LogP contribution in [0.3, 0.4) is 0 Å². The molecule has 0 aliphatic carbocycles. The second kappa shape index (κ2) is 5.81. The van der Waals surface area contributed by atoms with Crippen molar-refractivity contribution in [3.8, 4) is 0 Å². The largest absolute Gasteiger partial charge is 0.379 e. The first-order valence-corrected chi connectivity index (χ1v) is 8.47. The number of thiophene rings is 1. The number of hydrogen-bond donors (Lipinski definition) is 1. The molecule has 23 heavy (non-hydrogen) atoms. The molecule has 1 aliphatic rings. The van der Waals surface area contributed by atoms with E-state index in [4.69, 9.17) is 4.84 Å². The van der Waals surface area contributed by atoms with Crippen LogP contribution in [0.1, 0.15) is 36.5 Å². The van der Waals surface area contributed by atoms with Gasteiger partial charge in [-0.15, -0.1) is 11.3 Å². The van der Waals surface area contributed by atoms with Crippen molar-refractivity contribution in [2.75, 3.05) is 5.32 Å². The van der Waals surface area contributed by atoms with Crippen molar-refractivity contribution < 1.29 is 9.63 Å². The first-order valence-electron chi connectivity index (χ1n) is 7.59. The number of carbonyl (C=O) groups excluding carboxylic acids is 1. The van der Waals surface area contributed by atoms with Crippen LogP contribution in [-0.4, -0.2) is 27.0 Å². The summed E-state index contributed by atoms with van der Waals surface area (Å²) < 4.78 is 1.87. The number of rotatable bonds is 4. The molecule has 0 unspecified atom stereocenters. The molecular formula is C16H20N4O2S. The molecule has 0 saturated heterocycles. The van der Waals surface area contributed by atoms with Crippen molar-refractivity contribution in [1.29, 1.82) is 0 Å². The van der Waals surface area contributed by atoms with Crippen LogP contribution in [0.5, 0.6) is 0 Å². The number of aryl methyl sites for hydroxylation is 2. The van der Waals surface area contributed by atoms with E-state index < -0.39 is 5.60 Å². The van der Waals surface area contributed by atoms with E-state index in [1.165, 1.54) is 0 Å². The fraction of sp³-hybridized carbons (Fsp3) is 0.438. The highest BCUT2D eigenvalue weighted by atomic mass is 32.1. The number of hydrogen-bond acceptors (Lipinski definition) is 5. The van der Waals surface area contributed by atoms with Crippen molar-refractivity contribution in [2.45, 2.75) is 46.3 Å². The van der Waals surface area contributed by atoms with Gasteiger partial charge in [-0.25, -0.2) is 0 Å². The van der Waals surface area contributed by atoms with Gasteiger partial charge in [0, 0.05) is 13.0 Å². The molecule has 2 aromatic heterocycles. The summed E-state index contributed by atoms with van der Waals surface area (Å²) in [5.74, 6) is -0.199. The zero-order valence-electron chi connectivity index (χ0n) is 13.7. The van der Waals surface area contributed by atoms with Gasteiger partial charge in [-0.2, -0.15) is 5.10 Å². The number of carbonyl (C=O) groups is 1. The van der Waals surface area contributed by atoms with Gasteiger partial charge in [0.2, 0.25) is 5.60 Å². The van der Waals surface area contributed by atoms with Crippen LogP contribution in [0.4, 0.5) is 5.69 Å². The fourth-order valence-electron chi connectivity index (χ4n) is 2.67. The number of oxime groups is 1. The quantitative estimate of drug-likeness (QED) is 0.935. The normalized spacial score (nSPS) is 20.3. The molecule has 0 radical (unpaired) electrons. The minimum absolute atomic E-state index is 0.199. The third kappa shape index (κ3) is 2.76. The summed E-state index contributed by atoms with van der Waals surface area (Å²) in [7, 11) is 0. The molecule has 3 heterocycles. The number of anilines is 1. The van der Waals surface area contributed by atoms with Crippen molar-refractivity contribution >= 4 is 28.6 Å². The maximum atomic E-state index is 12.7. The SMILES string of the molecule is CCn1nc(C)c(NC(=O)[C@@]2(C)CC(c3cccs3)=NO2)c1C. The lowest BCUT2D eigenvalue weighted by molar-refractivity contribution is -0.135. The highest BCUT2D eigenvalue weighted by Crippen LogP contribution is 2.30. The van der Waals surface area contributed by atoms with Crippen LogP contribution in [-0.2, 0) is 16.2 Å². The topological polar surface area (TPSA) is 68.5 Å². The maximum absolute atomic E-state index is 12.7. The number of nitrogens with zero attached hydrogens (tertiary/aromatic N) is 3. The maximum Gasteiger partial charge on any atom is 0.271 e. The number of nitrogens with one attached hydrogen (secondary N) is 1. The van der Waals surface area contributed by atoms with Gasteiger partial charge in [0.1, 0.15) is 5.71 Å². The molecule has 0 saturated carbocycles. The number of aromatic nitrogens is 2. The van der Waals surface area contributed by atoms with Crippen LogP contribution >= 0.6 is 11.3 Å². The Morgan fingerprint density at radius 2 is 2.30 bits per heavy atom. The van der Waals surface area contributed by atoms with Gasteiger partial charge < -0.3 is 10.2 Å². The predicted octanol–water partition coefficient (Wildman–Crippen LogP) is 3.10. The Hall–Kier alpha value is -2.15. The van der Waals surface area contributed by atoms with Gasteiger partial charge in [-0.3, -0.25) is 9.48 Å². The first kappa shape index (κ1) is 15.7. The molecule has 1 atom stereocenters. The lowest BCUT2D eigenvalue weighted by Gasteiger charge is -2.20. The van der Waals surface area contributed by atoms with Crippen LogP contribution in [0.15, 0.2) is 22.7 Å². The molecule has 0 bridgehead atoms. The Morgan fingerprint density at radius 3 is 2.91 bits per heavy atom. The summed E-state index contributed by atoms with van der Waals surface area (Å²) in [5, 5.41) is 13.5. The molecule has 3 rings (SSSR count). The second-order valence-electron chi connectivity index (χ2n) is 5.83. The van der Waals surface area contributed by atoms with E-state index >= 15 is 0 Å². The lowest BCUT2D eigenvalue weighted by atomic mass is 9.98. The van der Waals surface area contributed by atoms with E-state index in [0.29, 0.717) is 6.42 Å². The molecular weight excluding hydrogens is 312 g/mol. The molecule has 0 aromatic carbocycles. The van der Waals surface area contributed by atoms with Crippen molar-refractivity contribution in [3.63, 3.8) is 0 Å². The van der Waals surface area contributed by atoms with Crippen molar-refractivity contribution in [2.24, 2.45) is 5.16 Å². The molecule has 1 amide bonds. The molecule has 1 N–H and O–H groups in total. The third-order valence-electron chi connectivity index (χ3n) is 4.07. The lowest BCUT2D eigenvalue weighted by Crippen LogP contribution is -2.40. The molecule has 2 aromatic rings. The van der Waals surface area contributed by atoms with E-state index in [9.17, 15) is 4.79 Å². The van der Waals surface area contributed by atoms with Crippen LogP contribution < -0.4 is 5.32 Å². The zero-order valence-corrected chi connectivity index (χ0v) is 14.5. The Kier molecular flexibility index (Phi) is 3.97. The van der Waals surface area contributed by atoms with E-state index in [1.54, 1.807) is 18.3 Å². The summed E-state index contributed by atoms with van der Waals surface area (Å²) >= 11 is 1.59. The third-order valence-corrected chi connectivity index (χ3v) is 4.99. The summed E-state index contributed by atoms with van der Waals surface area (Å²) in [4.78, 5) is 19.2. The molecule has 6 nitrogen and oxygen atoms in total. The van der Waals surface area contributed by atoms with E-state index in [1.807, 2.05) is 43.0 Å². The average Bonchev–Trinajstić information content (AvgIpc) is 3.23. The van der Waals surface area contributed by atoms with Gasteiger partial charge in [-0.05, 0) is 39.1 Å². The highest BCUT2D eigenvalue weighted by molar-refractivity contribution is 7.12. The van der Waals surface area contributed by atoms with Crippen molar-refractivity contribution in [3.05, 3.63) is 33.8 Å². The summed E-state index contributed by atoms with van der Waals surface area (Å²) in [6.45, 7) is 8.39. The Labute approximate surface area is 139 Å². The fourth-order valence-corrected chi connectivity index (χ4v) is 3.37. The van der Waals surface area contributed by atoms with Gasteiger partial charge in [0.25, 0.3) is 5.91 Å². The standard InChI is InChI=1S/C16H20N4O2S/c1-5-20-11(3)14(10(2)18-20)17-15(21)16(4)9-12(19-22-16)13-7-6-8-23-13/h6-8H,5,9H2,1-4H3,(H,17,21)/t16-/m1/s1. The Balaban J connectivity index is 1.76. The van der Waals surface area contributed by atoms with Gasteiger partial charge in [0.05, 0.1) is 22.0 Å². The first-order chi connectivity index (χ1) is 10.9. The minimum Gasteiger partial charge on any atom is -0.379 e. The molecule has 1 aliphatic heterocycles. The van der Waals surface area contributed by atoms with Crippen molar-refractivity contribution in [1.82, 2.24) is 9.78 Å². The second-order valence-corrected chi connectivity index (χ2v) is 6.78. The molecule has 122 valence electrons. The predicted molar refractivity (Wildman–Crippen MR) is 91.0 cm³/mol. The van der Waals surface area contributed by atoms with E-state index in [0.717, 1.165) is 34.2 Å². The zero-order chi connectivity index (χ0) is 16.6. The van der Waals surface area contributed by atoms with Gasteiger partial charge in [-0.1, -0.05) is 11.2 Å². The summed E-state index contributed by atoms with van der Waals surface area (Å²) in [6.07, 6.45) is 0.458. The Bertz CT molecular complexity index is 763. The highest BCUT2D eigenvalue weighted by Gasteiger charge is 2.43. The molecule has 0 spiro atoms. The van der Waals surface area contributed by atoms with E-state index in [-0.39, 0.29) is 5.91 Å². The Morgan fingerprint density at radius 1 is 1.52 bits per heavy atom. The molecule has 7 heteroatoms. The van der Waals surface area contributed by atoms with Crippen LogP contribution in [0, 0.1) is 13.8 Å². The number of amides is 1. The monoisotopic (exact) mass is 332 g/mol. The summed E-state index contributed by atoms with van der Waals surface area (Å²) in [5.41, 5.74) is 2.33.